The van der Waals surface area contributed by atoms with Gasteiger partial charge in [0.2, 0.25) is 0 Å². The third-order valence-corrected chi connectivity index (χ3v) is 3.15. The van der Waals surface area contributed by atoms with Crippen LogP contribution >= 0.6 is 11.8 Å². The van der Waals surface area contributed by atoms with Crippen molar-refractivity contribution in [2.75, 3.05) is 19.5 Å². The lowest BCUT2D eigenvalue weighted by molar-refractivity contribution is -0.138. The van der Waals surface area contributed by atoms with E-state index in [-0.39, 0.29) is 0 Å². The molecular formula is C9H19NO3S. The third-order valence-electron chi connectivity index (χ3n) is 1.88. The smallest absolute Gasteiger partial charge is 0.320 e. The van der Waals surface area contributed by atoms with Crippen LogP contribution < -0.4 is 5.73 Å². The van der Waals surface area contributed by atoms with Crippen LogP contribution in [0.5, 0.6) is 0 Å². The van der Waals surface area contributed by atoms with E-state index in [0.717, 1.165) is 18.8 Å². The molecule has 0 radical (unpaired) electrons. The third kappa shape index (κ3) is 7.17. The van der Waals surface area contributed by atoms with E-state index in [1.807, 2.05) is 0 Å². The van der Waals surface area contributed by atoms with E-state index in [2.05, 4.69) is 6.92 Å². The zero-order valence-corrected chi connectivity index (χ0v) is 9.55. The first kappa shape index (κ1) is 13.7. The normalized spacial score (nSPS) is 15.1. The molecule has 0 aliphatic rings. The summed E-state index contributed by atoms with van der Waals surface area (Å²) in [7, 11) is 1.68. The van der Waals surface area contributed by atoms with Crippen LogP contribution in [0.2, 0.25) is 0 Å². The summed E-state index contributed by atoms with van der Waals surface area (Å²) >= 11 is 1.74. The first-order chi connectivity index (χ1) is 6.57. The monoisotopic (exact) mass is 221 g/mol. The molecule has 0 rings (SSSR count). The van der Waals surface area contributed by atoms with Gasteiger partial charge >= 0.3 is 5.97 Å². The predicted octanol–water partition coefficient (Wildman–Crippen LogP) is 0.947. The van der Waals surface area contributed by atoms with Crippen molar-refractivity contribution in [3.8, 4) is 0 Å². The summed E-state index contributed by atoms with van der Waals surface area (Å²) in [4.78, 5) is 10.4. The number of methoxy groups -OCH3 is 1. The standard InChI is InChI=1S/C9H19NO3S/c1-7(3-5-13-2)14-6-4-8(10)9(11)12/h7-8H,3-6,10H2,1-2H3,(H,11,12). The van der Waals surface area contributed by atoms with Gasteiger partial charge < -0.3 is 15.6 Å². The molecule has 4 nitrogen and oxygen atoms in total. The highest BCUT2D eigenvalue weighted by Gasteiger charge is 2.11. The van der Waals surface area contributed by atoms with Crippen molar-refractivity contribution in [3.05, 3.63) is 0 Å². The number of nitrogens with two attached hydrogens (primary N) is 1. The van der Waals surface area contributed by atoms with Gasteiger partial charge in [-0.3, -0.25) is 4.79 Å². The molecule has 0 aliphatic carbocycles. The summed E-state index contributed by atoms with van der Waals surface area (Å²) in [5.74, 6) is -0.131. The van der Waals surface area contributed by atoms with Crippen LogP contribution in [0, 0.1) is 0 Å². The molecule has 5 heteroatoms. The van der Waals surface area contributed by atoms with Gasteiger partial charge in [-0.25, -0.2) is 0 Å². The molecular weight excluding hydrogens is 202 g/mol. The Labute approximate surface area is 89.2 Å². The molecule has 84 valence electrons. The minimum Gasteiger partial charge on any atom is -0.480 e. The lowest BCUT2D eigenvalue weighted by atomic mass is 10.2. The number of thioether (sulfide) groups is 1. The van der Waals surface area contributed by atoms with E-state index in [4.69, 9.17) is 15.6 Å². The molecule has 3 N–H and O–H groups in total. The van der Waals surface area contributed by atoms with E-state index in [1.54, 1.807) is 18.9 Å². The minimum atomic E-state index is -0.921. The molecule has 14 heavy (non-hydrogen) atoms. The first-order valence-electron chi connectivity index (χ1n) is 4.66. The molecule has 0 saturated carbocycles. The summed E-state index contributed by atoms with van der Waals surface area (Å²) in [6.45, 7) is 2.86. The van der Waals surface area contributed by atoms with Crippen molar-refractivity contribution >= 4 is 17.7 Å². The molecule has 0 aromatic heterocycles. The van der Waals surface area contributed by atoms with Crippen LogP contribution in [0.3, 0.4) is 0 Å². The quantitative estimate of drug-likeness (QED) is 0.638. The SMILES string of the molecule is COCCC(C)SCCC(N)C(=O)O. The van der Waals surface area contributed by atoms with Gasteiger partial charge in [-0.05, 0) is 18.6 Å². The highest BCUT2D eigenvalue weighted by Crippen LogP contribution is 2.15. The fraction of sp³-hybridized carbons (Fsp3) is 0.889. The van der Waals surface area contributed by atoms with Gasteiger partial charge in [-0.15, -0.1) is 0 Å². The maximum Gasteiger partial charge on any atom is 0.320 e. The fourth-order valence-electron chi connectivity index (χ4n) is 0.887. The molecule has 2 unspecified atom stereocenters. The highest BCUT2D eigenvalue weighted by molar-refractivity contribution is 7.99. The highest BCUT2D eigenvalue weighted by atomic mass is 32.2. The molecule has 0 bridgehead atoms. The number of hydrogen-bond donors (Lipinski definition) is 2. The van der Waals surface area contributed by atoms with Crippen LogP contribution in [-0.2, 0) is 9.53 Å². The molecule has 0 fully saturated rings. The van der Waals surface area contributed by atoms with E-state index in [9.17, 15) is 4.79 Å². The van der Waals surface area contributed by atoms with E-state index >= 15 is 0 Å². The Morgan fingerprint density at radius 1 is 1.57 bits per heavy atom. The number of hydrogen-bond acceptors (Lipinski definition) is 4. The zero-order chi connectivity index (χ0) is 11.0. The number of aliphatic carboxylic acids is 1. The Morgan fingerprint density at radius 3 is 2.71 bits per heavy atom. The summed E-state index contributed by atoms with van der Waals surface area (Å²) in [5.41, 5.74) is 5.37. The average Bonchev–Trinajstić information content (AvgIpc) is 2.14. The Bertz CT molecular complexity index is 166. The molecule has 0 aliphatic heterocycles. The van der Waals surface area contributed by atoms with Gasteiger partial charge in [0.15, 0.2) is 0 Å². The maximum absolute atomic E-state index is 10.4. The molecule has 0 aromatic carbocycles. The minimum absolute atomic E-state index is 0.496. The van der Waals surface area contributed by atoms with Gasteiger partial charge in [0.25, 0.3) is 0 Å². The summed E-state index contributed by atoms with van der Waals surface area (Å²) in [5, 5.41) is 9.03. The Balaban J connectivity index is 3.39. The van der Waals surface area contributed by atoms with Gasteiger partial charge in [-0.1, -0.05) is 6.92 Å². The fourth-order valence-corrected chi connectivity index (χ4v) is 1.94. The molecule has 0 heterocycles. The largest absolute Gasteiger partial charge is 0.480 e. The number of carbonyl (C=O) groups is 1. The molecule has 2 atom stereocenters. The number of ether oxygens (including phenoxy) is 1. The average molecular weight is 221 g/mol. The van der Waals surface area contributed by atoms with Crippen molar-refractivity contribution in [3.63, 3.8) is 0 Å². The van der Waals surface area contributed by atoms with Gasteiger partial charge in [0.05, 0.1) is 0 Å². The number of carboxylic acids is 1. The molecule has 0 amide bonds. The van der Waals surface area contributed by atoms with Crippen LogP contribution in [0.15, 0.2) is 0 Å². The van der Waals surface area contributed by atoms with E-state index in [0.29, 0.717) is 11.7 Å². The number of carboxylic acid groups (broad SMARTS) is 1. The van der Waals surface area contributed by atoms with E-state index in [1.165, 1.54) is 0 Å². The van der Waals surface area contributed by atoms with E-state index < -0.39 is 12.0 Å². The Kier molecular flexibility index (Phi) is 7.93. The number of rotatable bonds is 8. The van der Waals surface area contributed by atoms with Crippen molar-refractivity contribution in [2.24, 2.45) is 5.73 Å². The van der Waals surface area contributed by atoms with Crippen LogP contribution in [0.1, 0.15) is 19.8 Å². The van der Waals surface area contributed by atoms with Crippen LogP contribution in [0.25, 0.3) is 0 Å². The maximum atomic E-state index is 10.4. The van der Waals surface area contributed by atoms with Crippen LogP contribution in [-0.4, -0.2) is 41.8 Å². The second-order valence-electron chi connectivity index (χ2n) is 3.20. The van der Waals surface area contributed by atoms with Crippen molar-refractivity contribution in [2.45, 2.75) is 31.1 Å². The molecule has 0 saturated heterocycles. The topological polar surface area (TPSA) is 72.5 Å². The summed E-state index contributed by atoms with van der Waals surface area (Å²) in [6.07, 6.45) is 1.51. The Morgan fingerprint density at radius 2 is 2.21 bits per heavy atom. The van der Waals surface area contributed by atoms with Gasteiger partial charge in [0, 0.05) is 19.0 Å². The zero-order valence-electron chi connectivity index (χ0n) is 8.73. The predicted molar refractivity (Wildman–Crippen MR) is 58.6 cm³/mol. The second-order valence-corrected chi connectivity index (χ2v) is 4.74. The second kappa shape index (κ2) is 8.08. The van der Waals surface area contributed by atoms with Crippen LogP contribution in [0.4, 0.5) is 0 Å². The van der Waals surface area contributed by atoms with Crippen molar-refractivity contribution < 1.29 is 14.6 Å². The van der Waals surface area contributed by atoms with Gasteiger partial charge in [-0.2, -0.15) is 11.8 Å². The van der Waals surface area contributed by atoms with Crippen molar-refractivity contribution in [1.29, 1.82) is 0 Å². The first-order valence-corrected chi connectivity index (χ1v) is 5.71. The van der Waals surface area contributed by atoms with Crippen molar-refractivity contribution in [1.82, 2.24) is 0 Å². The molecule has 0 aromatic rings. The lowest BCUT2D eigenvalue weighted by Gasteiger charge is -2.11. The Hall–Kier alpha value is -0.260. The lowest BCUT2D eigenvalue weighted by Crippen LogP contribution is -2.30. The summed E-state index contributed by atoms with van der Waals surface area (Å²) in [6, 6.07) is -0.725. The molecule has 0 spiro atoms. The summed E-state index contributed by atoms with van der Waals surface area (Å²) < 4.78 is 4.95. The van der Waals surface area contributed by atoms with Gasteiger partial charge in [0.1, 0.15) is 6.04 Å².